The van der Waals surface area contributed by atoms with Gasteiger partial charge in [0.05, 0.1) is 5.37 Å². The first kappa shape index (κ1) is 15.6. The van der Waals surface area contributed by atoms with E-state index in [0.29, 0.717) is 5.75 Å². The van der Waals surface area contributed by atoms with Gasteiger partial charge in [-0.15, -0.1) is 11.8 Å². The van der Waals surface area contributed by atoms with Crippen LogP contribution in [0.5, 0.6) is 0 Å². The van der Waals surface area contributed by atoms with E-state index >= 15 is 0 Å². The Morgan fingerprint density at radius 2 is 2.10 bits per heavy atom. The molecule has 1 saturated heterocycles. The summed E-state index contributed by atoms with van der Waals surface area (Å²) in [5.41, 5.74) is 0.927. The summed E-state index contributed by atoms with van der Waals surface area (Å²) < 4.78 is 0. The topological polar surface area (TPSA) is 57.6 Å². The number of amides is 1. The molecule has 0 aliphatic carbocycles. The first-order chi connectivity index (χ1) is 10.1. The Kier molecular flexibility index (Phi) is 5.44. The van der Waals surface area contributed by atoms with Crippen molar-refractivity contribution in [1.29, 1.82) is 0 Å². The van der Waals surface area contributed by atoms with Gasteiger partial charge in [0.1, 0.15) is 6.04 Å². The summed E-state index contributed by atoms with van der Waals surface area (Å²) in [6, 6.07) is 8.79. The van der Waals surface area contributed by atoms with E-state index < -0.39 is 12.0 Å². The highest BCUT2D eigenvalue weighted by molar-refractivity contribution is 8.00. The molecule has 1 aromatic carbocycles. The zero-order valence-corrected chi connectivity index (χ0v) is 12.8. The number of thioether (sulfide) groups is 1. The number of benzene rings is 1. The average Bonchev–Trinajstić information content (AvgIpc) is 2.90. The lowest BCUT2D eigenvalue weighted by Gasteiger charge is -2.25. The lowest BCUT2D eigenvalue weighted by molar-refractivity contribution is -0.147. The predicted molar refractivity (Wildman–Crippen MR) is 84.9 cm³/mol. The SMILES string of the molecule is CCCC1SCC(C(=O)O)N1C(=O)C=Cc1ccccc1. The molecule has 1 fully saturated rings. The molecular weight excluding hydrogens is 286 g/mol. The summed E-state index contributed by atoms with van der Waals surface area (Å²) in [7, 11) is 0. The molecule has 1 amide bonds. The van der Waals surface area contributed by atoms with Crippen LogP contribution in [0.3, 0.4) is 0 Å². The Morgan fingerprint density at radius 1 is 1.38 bits per heavy atom. The van der Waals surface area contributed by atoms with Gasteiger partial charge >= 0.3 is 5.97 Å². The summed E-state index contributed by atoms with van der Waals surface area (Å²) in [6.07, 6.45) is 4.95. The highest BCUT2D eigenvalue weighted by Gasteiger charge is 2.40. The minimum absolute atomic E-state index is 0.0379. The highest BCUT2D eigenvalue weighted by atomic mass is 32.2. The second-order valence-electron chi connectivity index (χ2n) is 4.92. The van der Waals surface area contributed by atoms with Crippen molar-refractivity contribution in [2.45, 2.75) is 31.2 Å². The molecule has 0 saturated carbocycles. The Bertz CT molecular complexity index is 530. The maximum atomic E-state index is 12.4. The third-order valence-corrected chi connectivity index (χ3v) is 4.74. The van der Waals surface area contributed by atoms with Crippen LogP contribution >= 0.6 is 11.8 Å². The third-order valence-electron chi connectivity index (χ3n) is 3.39. The number of aliphatic carboxylic acids is 1. The van der Waals surface area contributed by atoms with E-state index in [-0.39, 0.29) is 11.3 Å². The van der Waals surface area contributed by atoms with E-state index in [2.05, 4.69) is 0 Å². The molecule has 4 nitrogen and oxygen atoms in total. The first-order valence-electron chi connectivity index (χ1n) is 7.03. The van der Waals surface area contributed by atoms with Gasteiger partial charge in [-0.05, 0) is 18.1 Å². The fourth-order valence-electron chi connectivity index (χ4n) is 2.34. The van der Waals surface area contributed by atoms with E-state index in [0.717, 1.165) is 18.4 Å². The molecular formula is C16H19NO3S. The van der Waals surface area contributed by atoms with Crippen molar-refractivity contribution in [1.82, 2.24) is 4.90 Å². The van der Waals surface area contributed by atoms with Crippen LogP contribution < -0.4 is 0 Å². The minimum atomic E-state index is -0.928. The molecule has 2 unspecified atom stereocenters. The number of nitrogens with zero attached hydrogens (tertiary/aromatic N) is 1. The lowest BCUT2D eigenvalue weighted by atomic mass is 10.2. The van der Waals surface area contributed by atoms with Crippen LogP contribution in [0.4, 0.5) is 0 Å². The molecule has 0 bridgehead atoms. The van der Waals surface area contributed by atoms with Crippen molar-refractivity contribution in [3.63, 3.8) is 0 Å². The van der Waals surface area contributed by atoms with Gasteiger partial charge in [0.25, 0.3) is 0 Å². The number of carbonyl (C=O) groups is 2. The van der Waals surface area contributed by atoms with Gasteiger partial charge in [-0.25, -0.2) is 4.79 Å². The number of hydrogen-bond acceptors (Lipinski definition) is 3. The summed E-state index contributed by atoms with van der Waals surface area (Å²) in [5, 5.41) is 9.23. The zero-order chi connectivity index (χ0) is 15.2. The number of carbonyl (C=O) groups excluding carboxylic acids is 1. The van der Waals surface area contributed by atoms with Gasteiger partial charge in [-0.1, -0.05) is 43.7 Å². The van der Waals surface area contributed by atoms with E-state index in [9.17, 15) is 14.7 Å². The lowest BCUT2D eigenvalue weighted by Crippen LogP contribution is -2.44. The van der Waals surface area contributed by atoms with E-state index in [4.69, 9.17) is 0 Å². The summed E-state index contributed by atoms with van der Waals surface area (Å²) >= 11 is 1.55. The Morgan fingerprint density at radius 3 is 2.71 bits per heavy atom. The van der Waals surface area contributed by atoms with Crippen LogP contribution in [0, 0.1) is 0 Å². The number of carboxylic acid groups (broad SMARTS) is 1. The molecule has 1 aliphatic rings. The van der Waals surface area contributed by atoms with Crippen LogP contribution in [0.2, 0.25) is 0 Å². The van der Waals surface area contributed by atoms with E-state index in [1.54, 1.807) is 17.8 Å². The highest BCUT2D eigenvalue weighted by Crippen LogP contribution is 2.32. The fraction of sp³-hybridized carbons (Fsp3) is 0.375. The average molecular weight is 305 g/mol. The van der Waals surface area contributed by atoms with Crippen molar-refractivity contribution in [3.05, 3.63) is 42.0 Å². The largest absolute Gasteiger partial charge is 0.480 e. The second kappa shape index (κ2) is 7.31. The summed E-state index contributed by atoms with van der Waals surface area (Å²) in [6.45, 7) is 2.04. The van der Waals surface area contributed by atoms with E-state index in [1.165, 1.54) is 11.0 Å². The molecule has 0 radical (unpaired) electrons. The molecule has 1 N–H and O–H groups in total. The third kappa shape index (κ3) is 3.88. The number of carboxylic acids is 1. The van der Waals surface area contributed by atoms with E-state index in [1.807, 2.05) is 37.3 Å². The van der Waals surface area contributed by atoms with Crippen molar-refractivity contribution >= 4 is 29.7 Å². The fourth-order valence-corrected chi connectivity index (χ4v) is 3.86. The predicted octanol–water partition coefficient (Wildman–Crippen LogP) is 2.85. The van der Waals surface area contributed by atoms with Gasteiger partial charge in [0.2, 0.25) is 5.91 Å². The van der Waals surface area contributed by atoms with Gasteiger partial charge in [0, 0.05) is 11.8 Å². The quantitative estimate of drug-likeness (QED) is 0.850. The normalized spacial score (nSPS) is 21.9. The van der Waals surface area contributed by atoms with Gasteiger partial charge < -0.3 is 10.0 Å². The molecule has 0 aromatic heterocycles. The van der Waals surface area contributed by atoms with Gasteiger partial charge in [-0.3, -0.25) is 4.79 Å². The summed E-state index contributed by atoms with van der Waals surface area (Å²) in [4.78, 5) is 25.2. The molecule has 21 heavy (non-hydrogen) atoms. The molecule has 0 spiro atoms. The Balaban J connectivity index is 2.13. The van der Waals surface area contributed by atoms with Crippen molar-refractivity contribution < 1.29 is 14.7 Å². The standard InChI is InChI=1S/C16H19NO3S/c1-2-6-15-17(13(11-21-15)16(19)20)14(18)10-9-12-7-4-3-5-8-12/h3-5,7-10,13,15H,2,6,11H2,1H3,(H,19,20). The molecule has 1 aromatic rings. The maximum absolute atomic E-state index is 12.4. The Labute approximate surface area is 128 Å². The number of hydrogen-bond donors (Lipinski definition) is 1. The molecule has 2 atom stereocenters. The van der Waals surface area contributed by atoms with Crippen LogP contribution in [-0.2, 0) is 9.59 Å². The zero-order valence-electron chi connectivity index (χ0n) is 11.9. The molecule has 1 heterocycles. The van der Waals surface area contributed by atoms with Crippen LogP contribution in [0.25, 0.3) is 6.08 Å². The van der Waals surface area contributed by atoms with Gasteiger partial charge in [-0.2, -0.15) is 0 Å². The van der Waals surface area contributed by atoms with Crippen LogP contribution in [-0.4, -0.2) is 39.1 Å². The monoisotopic (exact) mass is 305 g/mol. The minimum Gasteiger partial charge on any atom is -0.480 e. The Hall–Kier alpha value is -1.75. The van der Waals surface area contributed by atoms with Crippen molar-refractivity contribution in [2.75, 3.05) is 5.75 Å². The smallest absolute Gasteiger partial charge is 0.327 e. The van der Waals surface area contributed by atoms with Crippen molar-refractivity contribution in [3.8, 4) is 0 Å². The second-order valence-corrected chi connectivity index (χ2v) is 6.13. The number of rotatable bonds is 5. The maximum Gasteiger partial charge on any atom is 0.327 e. The molecule has 1 aliphatic heterocycles. The molecule has 2 rings (SSSR count). The van der Waals surface area contributed by atoms with Gasteiger partial charge in [0.15, 0.2) is 0 Å². The molecule has 112 valence electrons. The first-order valence-corrected chi connectivity index (χ1v) is 8.08. The van der Waals surface area contributed by atoms with Crippen molar-refractivity contribution in [2.24, 2.45) is 0 Å². The van der Waals surface area contributed by atoms with Crippen LogP contribution in [0.15, 0.2) is 36.4 Å². The molecule has 5 heteroatoms. The van der Waals surface area contributed by atoms with Crippen LogP contribution in [0.1, 0.15) is 25.3 Å². The summed E-state index contributed by atoms with van der Waals surface area (Å²) in [5.74, 6) is -0.692.